The van der Waals surface area contributed by atoms with E-state index >= 15 is 0 Å². The van der Waals surface area contributed by atoms with Crippen molar-refractivity contribution in [2.45, 2.75) is 37.0 Å². The summed E-state index contributed by atoms with van der Waals surface area (Å²) in [5.74, 6) is 0.748. The van der Waals surface area contributed by atoms with Gasteiger partial charge in [0.15, 0.2) is 0 Å². The topological polar surface area (TPSA) is 12.0 Å². The van der Waals surface area contributed by atoms with Crippen LogP contribution < -0.4 is 5.32 Å². The van der Waals surface area contributed by atoms with E-state index in [-0.39, 0.29) is 0 Å². The van der Waals surface area contributed by atoms with Gasteiger partial charge in [0.2, 0.25) is 0 Å². The molecule has 1 spiro atoms. The van der Waals surface area contributed by atoms with E-state index < -0.39 is 0 Å². The number of rotatable bonds is 2. The maximum absolute atomic E-state index is 3.33. The standard InChI is InChI=1S/C14H19N/c1-15-10-11-6-7-14(8-9-14)13-5-3-2-4-12(11)13/h2-5,11,15H,6-10H2,1H3. The Balaban J connectivity index is 2.00. The maximum Gasteiger partial charge on any atom is 0.00172 e. The van der Waals surface area contributed by atoms with E-state index in [9.17, 15) is 0 Å². The zero-order valence-electron chi connectivity index (χ0n) is 9.42. The fraction of sp³-hybridized carbons (Fsp3) is 0.571. The van der Waals surface area contributed by atoms with Crippen molar-refractivity contribution in [2.75, 3.05) is 13.6 Å². The van der Waals surface area contributed by atoms with Gasteiger partial charge < -0.3 is 5.32 Å². The molecule has 1 heteroatoms. The van der Waals surface area contributed by atoms with E-state index in [1.165, 1.54) is 25.7 Å². The third kappa shape index (κ3) is 1.41. The van der Waals surface area contributed by atoms with Crippen LogP contribution >= 0.6 is 0 Å². The third-order valence-corrected chi connectivity index (χ3v) is 4.25. The maximum atomic E-state index is 3.33. The van der Waals surface area contributed by atoms with Crippen LogP contribution in [0.15, 0.2) is 24.3 Å². The molecule has 0 bridgehead atoms. The first kappa shape index (κ1) is 9.41. The van der Waals surface area contributed by atoms with Gasteiger partial charge in [-0.3, -0.25) is 0 Å². The molecule has 1 atom stereocenters. The first-order valence-corrected chi connectivity index (χ1v) is 6.10. The Kier molecular flexibility index (Phi) is 2.10. The average molecular weight is 201 g/mol. The van der Waals surface area contributed by atoms with Crippen molar-refractivity contribution in [3.05, 3.63) is 35.4 Å². The predicted octanol–water partition coefficient (Wildman–Crippen LogP) is 2.82. The Morgan fingerprint density at radius 1 is 1.27 bits per heavy atom. The van der Waals surface area contributed by atoms with Gasteiger partial charge in [-0.25, -0.2) is 0 Å². The summed E-state index contributed by atoms with van der Waals surface area (Å²) in [5.41, 5.74) is 3.90. The minimum Gasteiger partial charge on any atom is -0.319 e. The molecule has 0 aromatic heterocycles. The van der Waals surface area contributed by atoms with Gasteiger partial charge in [0.1, 0.15) is 0 Å². The van der Waals surface area contributed by atoms with Crippen molar-refractivity contribution in [3.8, 4) is 0 Å². The molecule has 1 aromatic carbocycles. The molecule has 0 saturated heterocycles. The van der Waals surface area contributed by atoms with E-state index in [1.54, 1.807) is 11.1 Å². The summed E-state index contributed by atoms with van der Waals surface area (Å²) in [4.78, 5) is 0. The number of benzene rings is 1. The van der Waals surface area contributed by atoms with Crippen molar-refractivity contribution in [1.29, 1.82) is 0 Å². The SMILES string of the molecule is CNCC1CCC2(CC2)c2ccccc21. The second kappa shape index (κ2) is 3.34. The first-order chi connectivity index (χ1) is 7.36. The highest BCUT2D eigenvalue weighted by molar-refractivity contribution is 5.43. The minimum absolute atomic E-state index is 0.612. The van der Waals surface area contributed by atoms with Crippen molar-refractivity contribution in [3.63, 3.8) is 0 Å². The zero-order valence-corrected chi connectivity index (χ0v) is 9.42. The van der Waals surface area contributed by atoms with Crippen molar-refractivity contribution in [1.82, 2.24) is 5.32 Å². The summed E-state index contributed by atoms with van der Waals surface area (Å²) in [6.07, 6.45) is 5.64. The molecule has 3 rings (SSSR count). The van der Waals surface area contributed by atoms with Gasteiger partial charge in [-0.05, 0) is 55.2 Å². The second-order valence-corrected chi connectivity index (χ2v) is 5.16. The molecule has 1 aromatic rings. The summed E-state index contributed by atoms with van der Waals surface area (Å²) in [5, 5.41) is 3.33. The van der Waals surface area contributed by atoms with Gasteiger partial charge in [-0.15, -0.1) is 0 Å². The number of hydrogen-bond donors (Lipinski definition) is 1. The number of likely N-dealkylation sites (N-methyl/N-ethyl adjacent to an activating group) is 1. The molecule has 0 amide bonds. The number of nitrogens with one attached hydrogen (secondary N) is 1. The summed E-state index contributed by atoms with van der Waals surface area (Å²) >= 11 is 0. The molecule has 0 radical (unpaired) electrons. The van der Waals surface area contributed by atoms with Crippen LogP contribution in [0.1, 0.15) is 42.7 Å². The van der Waals surface area contributed by atoms with Crippen LogP contribution in [0.5, 0.6) is 0 Å². The Labute approximate surface area is 91.9 Å². The molecule has 1 nitrogen and oxygen atoms in total. The highest BCUT2D eigenvalue weighted by atomic mass is 14.8. The predicted molar refractivity (Wildman–Crippen MR) is 63.3 cm³/mol. The van der Waals surface area contributed by atoms with Gasteiger partial charge in [0, 0.05) is 6.54 Å². The summed E-state index contributed by atoms with van der Waals surface area (Å²) in [6, 6.07) is 9.12. The second-order valence-electron chi connectivity index (χ2n) is 5.16. The Bertz CT molecular complexity index is 365. The number of fused-ring (bicyclic) bond motifs is 2. The molecule has 1 N–H and O–H groups in total. The molecule has 1 fully saturated rings. The van der Waals surface area contributed by atoms with E-state index in [4.69, 9.17) is 0 Å². The fourth-order valence-electron chi connectivity index (χ4n) is 3.21. The van der Waals surface area contributed by atoms with Gasteiger partial charge in [0.25, 0.3) is 0 Å². The van der Waals surface area contributed by atoms with Gasteiger partial charge in [-0.1, -0.05) is 24.3 Å². The fourth-order valence-corrected chi connectivity index (χ4v) is 3.21. The molecule has 1 saturated carbocycles. The van der Waals surface area contributed by atoms with Crippen LogP contribution in [0, 0.1) is 0 Å². The van der Waals surface area contributed by atoms with Crippen molar-refractivity contribution < 1.29 is 0 Å². The largest absolute Gasteiger partial charge is 0.319 e. The van der Waals surface area contributed by atoms with Crippen LogP contribution in [0.2, 0.25) is 0 Å². The van der Waals surface area contributed by atoms with E-state index in [0.29, 0.717) is 5.41 Å². The average Bonchev–Trinajstić information content (AvgIpc) is 3.05. The van der Waals surface area contributed by atoms with Gasteiger partial charge in [0.05, 0.1) is 0 Å². The summed E-state index contributed by atoms with van der Waals surface area (Å²) in [6.45, 7) is 1.13. The molecule has 2 aliphatic rings. The van der Waals surface area contributed by atoms with Crippen LogP contribution in [-0.4, -0.2) is 13.6 Å². The lowest BCUT2D eigenvalue weighted by molar-refractivity contribution is 0.459. The Morgan fingerprint density at radius 2 is 2.07 bits per heavy atom. The molecular weight excluding hydrogens is 182 g/mol. The molecule has 80 valence electrons. The van der Waals surface area contributed by atoms with Crippen molar-refractivity contribution >= 4 is 0 Å². The highest BCUT2D eigenvalue weighted by Crippen LogP contribution is 2.57. The number of hydrogen-bond acceptors (Lipinski definition) is 1. The normalized spacial score (nSPS) is 26.3. The quantitative estimate of drug-likeness (QED) is 0.776. The lowest BCUT2D eigenvalue weighted by atomic mass is 9.74. The molecule has 0 aliphatic heterocycles. The van der Waals surface area contributed by atoms with Gasteiger partial charge in [-0.2, -0.15) is 0 Å². The third-order valence-electron chi connectivity index (χ3n) is 4.25. The van der Waals surface area contributed by atoms with Crippen LogP contribution in [0.25, 0.3) is 0 Å². The van der Waals surface area contributed by atoms with Gasteiger partial charge >= 0.3 is 0 Å². The summed E-state index contributed by atoms with van der Waals surface area (Å²) in [7, 11) is 2.06. The molecular formula is C14H19N. The molecule has 2 aliphatic carbocycles. The minimum atomic E-state index is 0.612. The Hall–Kier alpha value is -0.820. The lowest BCUT2D eigenvalue weighted by Gasteiger charge is -2.31. The van der Waals surface area contributed by atoms with E-state index in [2.05, 4.69) is 36.6 Å². The molecule has 15 heavy (non-hydrogen) atoms. The Morgan fingerprint density at radius 3 is 2.80 bits per heavy atom. The molecule has 0 heterocycles. The van der Waals surface area contributed by atoms with E-state index in [0.717, 1.165) is 12.5 Å². The van der Waals surface area contributed by atoms with E-state index in [1.807, 2.05) is 0 Å². The molecule has 1 unspecified atom stereocenters. The lowest BCUT2D eigenvalue weighted by Crippen LogP contribution is -2.25. The van der Waals surface area contributed by atoms with Crippen LogP contribution in [-0.2, 0) is 5.41 Å². The first-order valence-electron chi connectivity index (χ1n) is 6.10. The zero-order chi connectivity index (χ0) is 10.3. The van der Waals surface area contributed by atoms with Crippen LogP contribution in [0.3, 0.4) is 0 Å². The highest BCUT2D eigenvalue weighted by Gasteiger charge is 2.48. The van der Waals surface area contributed by atoms with Crippen LogP contribution in [0.4, 0.5) is 0 Å². The van der Waals surface area contributed by atoms with Crippen molar-refractivity contribution in [2.24, 2.45) is 0 Å². The summed E-state index contributed by atoms with van der Waals surface area (Å²) < 4.78 is 0. The smallest absolute Gasteiger partial charge is 0.00172 e. The monoisotopic (exact) mass is 201 g/mol.